The van der Waals surface area contributed by atoms with E-state index < -0.39 is 6.04 Å². The fourth-order valence-corrected chi connectivity index (χ4v) is 3.03. The van der Waals surface area contributed by atoms with Crippen molar-refractivity contribution in [3.8, 4) is 0 Å². The van der Waals surface area contributed by atoms with Crippen LogP contribution in [0.3, 0.4) is 0 Å². The Morgan fingerprint density at radius 1 is 1.26 bits per heavy atom. The Kier molecular flexibility index (Phi) is 5.43. The molecule has 19 heavy (non-hydrogen) atoms. The lowest BCUT2D eigenvalue weighted by atomic mass is 9.73. The maximum absolute atomic E-state index is 12.3. The molecule has 1 aliphatic carbocycles. The number of amides is 1. The van der Waals surface area contributed by atoms with Crippen molar-refractivity contribution in [3.05, 3.63) is 0 Å². The zero-order valence-corrected chi connectivity index (χ0v) is 13.5. The second kappa shape index (κ2) is 6.25. The summed E-state index contributed by atoms with van der Waals surface area (Å²) >= 11 is 0. The Bertz CT molecular complexity index is 306. The van der Waals surface area contributed by atoms with Gasteiger partial charge in [-0.2, -0.15) is 0 Å². The third kappa shape index (κ3) is 4.48. The molecular weight excluding hydrogens is 236 g/mol. The highest BCUT2D eigenvalue weighted by Gasteiger charge is 2.34. The first kappa shape index (κ1) is 16.5. The highest BCUT2D eigenvalue weighted by Crippen LogP contribution is 2.33. The van der Waals surface area contributed by atoms with Gasteiger partial charge in [-0.3, -0.25) is 4.79 Å². The van der Waals surface area contributed by atoms with Crippen LogP contribution in [-0.4, -0.2) is 18.0 Å². The van der Waals surface area contributed by atoms with E-state index in [1.54, 1.807) is 0 Å². The van der Waals surface area contributed by atoms with Crippen molar-refractivity contribution in [2.24, 2.45) is 28.9 Å². The monoisotopic (exact) mass is 268 g/mol. The minimum Gasteiger partial charge on any atom is -0.352 e. The molecule has 1 amide bonds. The van der Waals surface area contributed by atoms with Gasteiger partial charge in [0.05, 0.1) is 6.04 Å². The van der Waals surface area contributed by atoms with Crippen LogP contribution in [0.25, 0.3) is 0 Å². The highest BCUT2D eigenvalue weighted by atomic mass is 16.2. The fraction of sp³-hybridized carbons (Fsp3) is 0.938. The molecule has 1 saturated carbocycles. The van der Waals surface area contributed by atoms with Crippen molar-refractivity contribution in [2.45, 2.75) is 72.9 Å². The molecular formula is C16H32N2O. The van der Waals surface area contributed by atoms with Gasteiger partial charge in [-0.25, -0.2) is 0 Å². The van der Waals surface area contributed by atoms with Gasteiger partial charge in [-0.05, 0) is 36.0 Å². The normalized spacial score (nSPS) is 30.2. The lowest BCUT2D eigenvalue weighted by molar-refractivity contribution is -0.126. The maximum Gasteiger partial charge on any atom is 0.237 e. The first-order valence-electron chi connectivity index (χ1n) is 7.69. The van der Waals surface area contributed by atoms with Gasteiger partial charge in [0.2, 0.25) is 5.91 Å². The Hall–Kier alpha value is -0.570. The van der Waals surface area contributed by atoms with Gasteiger partial charge in [0.25, 0.3) is 0 Å². The Morgan fingerprint density at radius 3 is 2.32 bits per heavy atom. The number of nitrogens with one attached hydrogen (secondary N) is 1. The summed E-state index contributed by atoms with van der Waals surface area (Å²) < 4.78 is 0. The summed E-state index contributed by atoms with van der Waals surface area (Å²) in [5.41, 5.74) is 5.87. The average Bonchev–Trinajstić information content (AvgIpc) is 2.26. The van der Waals surface area contributed by atoms with Crippen molar-refractivity contribution < 1.29 is 4.79 Å². The molecule has 4 unspecified atom stereocenters. The van der Waals surface area contributed by atoms with Crippen LogP contribution in [0.15, 0.2) is 0 Å². The zero-order valence-electron chi connectivity index (χ0n) is 13.5. The number of rotatable bonds is 3. The van der Waals surface area contributed by atoms with Crippen molar-refractivity contribution in [1.82, 2.24) is 5.32 Å². The molecule has 3 nitrogen and oxygen atoms in total. The lowest BCUT2D eigenvalue weighted by Gasteiger charge is -2.39. The lowest BCUT2D eigenvalue weighted by Crippen LogP contribution is -2.54. The van der Waals surface area contributed by atoms with E-state index in [9.17, 15) is 4.79 Å². The molecule has 0 aliphatic heterocycles. The van der Waals surface area contributed by atoms with E-state index in [0.717, 1.165) is 6.42 Å². The van der Waals surface area contributed by atoms with E-state index in [0.29, 0.717) is 23.8 Å². The van der Waals surface area contributed by atoms with Crippen LogP contribution in [0.2, 0.25) is 0 Å². The molecule has 3 N–H and O–H groups in total. The molecule has 0 aromatic heterocycles. The van der Waals surface area contributed by atoms with Gasteiger partial charge in [-0.1, -0.05) is 48.0 Å². The van der Waals surface area contributed by atoms with Crippen LogP contribution in [-0.2, 0) is 4.79 Å². The molecule has 0 bridgehead atoms. The summed E-state index contributed by atoms with van der Waals surface area (Å²) in [5, 5.41) is 3.22. The quantitative estimate of drug-likeness (QED) is 0.827. The summed E-state index contributed by atoms with van der Waals surface area (Å²) in [4.78, 5) is 12.3. The molecule has 0 aromatic rings. The minimum absolute atomic E-state index is 0.0113. The van der Waals surface area contributed by atoms with Crippen LogP contribution in [0.4, 0.5) is 0 Å². The summed E-state index contributed by atoms with van der Waals surface area (Å²) in [6, 6.07) is -0.137. The molecule has 0 heterocycles. The number of carbonyl (C=O) groups is 1. The summed E-state index contributed by atoms with van der Waals surface area (Å²) in [7, 11) is 0. The molecule has 0 spiro atoms. The van der Waals surface area contributed by atoms with Gasteiger partial charge in [0.1, 0.15) is 0 Å². The summed E-state index contributed by atoms with van der Waals surface area (Å²) in [6.07, 6.45) is 3.58. The van der Waals surface area contributed by atoms with Gasteiger partial charge >= 0.3 is 0 Å². The van der Waals surface area contributed by atoms with Crippen LogP contribution in [0.1, 0.15) is 60.8 Å². The molecule has 0 aromatic carbocycles. The SMILES string of the molecule is CC1CCC(C(C)C)C(NC(=O)C(N)C(C)(C)C)C1. The van der Waals surface area contributed by atoms with Crippen LogP contribution >= 0.6 is 0 Å². The number of nitrogens with two attached hydrogens (primary N) is 1. The van der Waals surface area contributed by atoms with E-state index in [2.05, 4.69) is 26.1 Å². The van der Waals surface area contributed by atoms with Gasteiger partial charge in [-0.15, -0.1) is 0 Å². The molecule has 0 saturated heterocycles. The minimum atomic E-state index is -0.433. The van der Waals surface area contributed by atoms with E-state index in [1.165, 1.54) is 12.8 Å². The fourth-order valence-electron chi connectivity index (χ4n) is 3.03. The van der Waals surface area contributed by atoms with Crippen LogP contribution < -0.4 is 11.1 Å². The van der Waals surface area contributed by atoms with Gasteiger partial charge < -0.3 is 11.1 Å². The van der Waals surface area contributed by atoms with Crippen molar-refractivity contribution >= 4 is 5.91 Å². The molecule has 112 valence electrons. The van der Waals surface area contributed by atoms with Crippen LogP contribution in [0.5, 0.6) is 0 Å². The Balaban J connectivity index is 2.69. The standard InChI is InChI=1S/C16H32N2O/c1-10(2)12-8-7-11(3)9-13(12)18-15(19)14(17)16(4,5)6/h10-14H,7-9,17H2,1-6H3,(H,18,19). The number of hydrogen-bond acceptors (Lipinski definition) is 2. The Labute approximate surface area is 118 Å². The molecule has 3 heteroatoms. The van der Waals surface area contributed by atoms with E-state index >= 15 is 0 Å². The molecule has 4 atom stereocenters. The molecule has 1 fully saturated rings. The molecule has 0 radical (unpaired) electrons. The predicted molar refractivity (Wildman–Crippen MR) is 80.7 cm³/mol. The van der Waals surface area contributed by atoms with E-state index in [-0.39, 0.29) is 11.3 Å². The second-order valence-electron chi connectivity index (χ2n) is 7.78. The predicted octanol–water partition coefficient (Wildman–Crippen LogP) is 2.94. The van der Waals surface area contributed by atoms with E-state index in [4.69, 9.17) is 5.73 Å². The summed E-state index contributed by atoms with van der Waals surface area (Å²) in [6.45, 7) is 12.8. The average molecular weight is 268 g/mol. The number of hydrogen-bond donors (Lipinski definition) is 2. The first-order valence-corrected chi connectivity index (χ1v) is 7.69. The third-order valence-electron chi connectivity index (χ3n) is 4.57. The third-order valence-corrected chi connectivity index (χ3v) is 4.57. The van der Waals surface area contributed by atoms with Crippen LogP contribution in [0, 0.1) is 23.2 Å². The van der Waals surface area contributed by atoms with Crippen molar-refractivity contribution in [3.63, 3.8) is 0 Å². The van der Waals surface area contributed by atoms with Gasteiger partial charge in [0.15, 0.2) is 0 Å². The van der Waals surface area contributed by atoms with E-state index in [1.807, 2.05) is 20.8 Å². The topological polar surface area (TPSA) is 55.1 Å². The molecule has 1 aliphatic rings. The first-order chi connectivity index (χ1) is 8.62. The number of carbonyl (C=O) groups excluding carboxylic acids is 1. The van der Waals surface area contributed by atoms with Crippen molar-refractivity contribution in [1.29, 1.82) is 0 Å². The maximum atomic E-state index is 12.3. The van der Waals surface area contributed by atoms with Gasteiger partial charge in [0, 0.05) is 6.04 Å². The highest BCUT2D eigenvalue weighted by molar-refractivity contribution is 5.82. The Morgan fingerprint density at radius 2 is 1.84 bits per heavy atom. The second-order valence-corrected chi connectivity index (χ2v) is 7.78. The largest absolute Gasteiger partial charge is 0.352 e. The molecule has 1 rings (SSSR count). The smallest absolute Gasteiger partial charge is 0.237 e. The van der Waals surface area contributed by atoms with Crippen molar-refractivity contribution in [2.75, 3.05) is 0 Å². The summed E-state index contributed by atoms with van der Waals surface area (Å²) in [5.74, 6) is 1.92. The zero-order chi connectivity index (χ0) is 14.8.